The standard InChI is InChI=1S/C31H37N5O6/c1-21-29(38)32-16-8-18-36(31(40)27-20-25(34-42-27)23-9-5-4-6-10-23)17-7-11-28(37)33-26(30(39)35(21)2)19-22-12-14-24(41-3)15-13-22/h4-6,9-10,12-15,20-21,26H,7-8,11,16-19H2,1-3H3,(H,32,38)(H,33,37)/t21-,26-/m0/s1. The quantitative estimate of drug-likeness (QED) is 0.478. The molecule has 0 radical (unpaired) electrons. The van der Waals surface area contributed by atoms with E-state index in [0.717, 1.165) is 11.1 Å². The first-order chi connectivity index (χ1) is 20.3. The van der Waals surface area contributed by atoms with Crippen molar-refractivity contribution in [2.75, 3.05) is 33.8 Å². The largest absolute Gasteiger partial charge is 0.497 e. The van der Waals surface area contributed by atoms with E-state index in [-0.39, 0.29) is 48.8 Å². The highest BCUT2D eigenvalue weighted by atomic mass is 16.5. The number of likely N-dealkylation sites (N-methyl/N-ethyl adjacent to an activating group) is 1. The second-order valence-electron chi connectivity index (χ2n) is 10.3. The molecule has 0 bridgehead atoms. The molecule has 0 unspecified atom stereocenters. The molecule has 1 saturated heterocycles. The molecule has 2 aromatic carbocycles. The molecule has 42 heavy (non-hydrogen) atoms. The zero-order chi connectivity index (χ0) is 30.1. The van der Waals surface area contributed by atoms with Crippen molar-refractivity contribution in [1.29, 1.82) is 0 Å². The normalized spacial score (nSPS) is 19.4. The Morgan fingerprint density at radius 3 is 2.48 bits per heavy atom. The number of ether oxygens (including phenoxy) is 1. The molecule has 2 heterocycles. The van der Waals surface area contributed by atoms with Gasteiger partial charge >= 0.3 is 0 Å². The molecule has 1 aliphatic heterocycles. The second-order valence-corrected chi connectivity index (χ2v) is 10.3. The summed E-state index contributed by atoms with van der Waals surface area (Å²) in [4.78, 5) is 55.7. The first-order valence-corrected chi connectivity index (χ1v) is 14.0. The second kappa shape index (κ2) is 14.3. The van der Waals surface area contributed by atoms with Crippen LogP contribution in [0.3, 0.4) is 0 Å². The van der Waals surface area contributed by atoms with Crippen molar-refractivity contribution in [2.45, 2.75) is 44.7 Å². The number of aromatic nitrogens is 1. The van der Waals surface area contributed by atoms with Crippen molar-refractivity contribution in [3.8, 4) is 17.0 Å². The zero-order valence-corrected chi connectivity index (χ0v) is 24.2. The Morgan fingerprint density at radius 1 is 1.05 bits per heavy atom. The summed E-state index contributed by atoms with van der Waals surface area (Å²) in [5, 5.41) is 9.76. The fourth-order valence-electron chi connectivity index (χ4n) is 4.73. The lowest BCUT2D eigenvalue weighted by atomic mass is 10.0. The van der Waals surface area contributed by atoms with Crippen LogP contribution in [0, 0.1) is 0 Å². The van der Waals surface area contributed by atoms with E-state index >= 15 is 0 Å². The van der Waals surface area contributed by atoms with E-state index in [1.807, 2.05) is 42.5 Å². The number of nitrogens with one attached hydrogen (secondary N) is 2. The van der Waals surface area contributed by atoms with E-state index in [4.69, 9.17) is 9.26 Å². The van der Waals surface area contributed by atoms with Gasteiger partial charge in [0.15, 0.2) is 0 Å². The molecule has 222 valence electrons. The van der Waals surface area contributed by atoms with Crippen LogP contribution >= 0.6 is 0 Å². The maximum atomic E-state index is 13.5. The minimum Gasteiger partial charge on any atom is -0.497 e. The van der Waals surface area contributed by atoms with E-state index in [9.17, 15) is 19.2 Å². The number of amides is 4. The van der Waals surface area contributed by atoms with Gasteiger partial charge in [-0.25, -0.2) is 0 Å². The van der Waals surface area contributed by atoms with Crippen molar-refractivity contribution < 1.29 is 28.4 Å². The van der Waals surface area contributed by atoms with Crippen LogP contribution in [0.1, 0.15) is 42.3 Å². The Bertz CT molecular complexity index is 1370. The molecule has 4 rings (SSSR count). The van der Waals surface area contributed by atoms with Gasteiger partial charge in [-0.05, 0) is 37.5 Å². The summed E-state index contributed by atoms with van der Waals surface area (Å²) < 4.78 is 10.6. The predicted octanol–water partition coefficient (Wildman–Crippen LogP) is 2.67. The summed E-state index contributed by atoms with van der Waals surface area (Å²) in [6, 6.07) is 16.6. The molecule has 11 nitrogen and oxygen atoms in total. The van der Waals surface area contributed by atoms with Crippen LogP contribution in [0.25, 0.3) is 11.3 Å². The molecule has 1 aliphatic rings. The number of hydrogen-bond acceptors (Lipinski definition) is 7. The molecule has 2 atom stereocenters. The molecule has 2 N–H and O–H groups in total. The van der Waals surface area contributed by atoms with Gasteiger partial charge in [-0.3, -0.25) is 19.2 Å². The third-order valence-electron chi connectivity index (χ3n) is 7.35. The Labute approximate surface area is 245 Å². The molecule has 1 aromatic heterocycles. The van der Waals surface area contributed by atoms with Crippen molar-refractivity contribution in [3.05, 3.63) is 72.0 Å². The maximum absolute atomic E-state index is 13.5. The van der Waals surface area contributed by atoms with E-state index in [1.54, 1.807) is 44.2 Å². The monoisotopic (exact) mass is 575 g/mol. The summed E-state index contributed by atoms with van der Waals surface area (Å²) in [5.74, 6) is -0.578. The Balaban J connectivity index is 1.49. The van der Waals surface area contributed by atoms with Crippen LogP contribution in [0.2, 0.25) is 0 Å². The van der Waals surface area contributed by atoms with E-state index in [0.29, 0.717) is 37.4 Å². The number of benzene rings is 2. The summed E-state index contributed by atoms with van der Waals surface area (Å²) >= 11 is 0. The topological polar surface area (TPSA) is 134 Å². The highest BCUT2D eigenvalue weighted by molar-refractivity contribution is 5.93. The number of carbonyl (C=O) groups is 4. The van der Waals surface area contributed by atoms with Gasteiger partial charge in [-0.2, -0.15) is 0 Å². The number of nitrogens with zero attached hydrogens (tertiary/aromatic N) is 3. The fourth-order valence-corrected chi connectivity index (χ4v) is 4.73. The first-order valence-electron chi connectivity index (χ1n) is 14.0. The van der Waals surface area contributed by atoms with Crippen LogP contribution in [0.5, 0.6) is 5.75 Å². The van der Waals surface area contributed by atoms with Crippen LogP contribution in [-0.4, -0.2) is 84.5 Å². The number of rotatable bonds is 5. The first kappa shape index (κ1) is 30.3. The van der Waals surface area contributed by atoms with Gasteiger partial charge in [0.25, 0.3) is 5.91 Å². The molecule has 11 heteroatoms. The lowest BCUT2D eigenvalue weighted by molar-refractivity contribution is -0.141. The summed E-state index contributed by atoms with van der Waals surface area (Å²) in [6.07, 6.45) is 1.21. The summed E-state index contributed by atoms with van der Waals surface area (Å²) in [7, 11) is 3.13. The van der Waals surface area contributed by atoms with Crippen LogP contribution in [0.15, 0.2) is 65.2 Å². The third-order valence-corrected chi connectivity index (χ3v) is 7.35. The van der Waals surface area contributed by atoms with Gasteiger partial charge in [0, 0.05) is 51.2 Å². The Hall–Kier alpha value is -4.67. The van der Waals surface area contributed by atoms with Gasteiger partial charge in [0.1, 0.15) is 23.5 Å². The SMILES string of the molecule is COc1ccc(C[C@@H]2NC(=O)CCCN(C(=O)c3cc(-c4ccccc4)no3)CCCNC(=O)[C@H](C)N(C)C2=O)cc1. The van der Waals surface area contributed by atoms with E-state index in [1.165, 1.54) is 4.90 Å². The van der Waals surface area contributed by atoms with Gasteiger partial charge in [-0.15, -0.1) is 0 Å². The molecule has 4 amide bonds. The molecule has 0 saturated carbocycles. The Morgan fingerprint density at radius 2 is 1.76 bits per heavy atom. The number of hydrogen-bond donors (Lipinski definition) is 2. The van der Waals surface area contributed by atoms with Gasteiger partial charge in [0.05, 0.1) is 7.11 Å². The van der Waals surface area contributed by atoms with Gasteiger partial charge in [-0.1, -0.05) is 47.6 Å². The molecular weight excluding hydrogens is 538 g/mol. The van der Waals surface area contributed by atoms with Crippen LogP contribution in [-0.2, 0) is 20.8 Å². The molecule has 0 spiro atoms. The lowest BCUT2D eigenvalue weighted by Gasteiger charge is -2.29. The third kappa shape index (κ3) is 7.74. The summed E-state index contributed by atoms with van der Waals surface area (Å²) in [5.41, 5.74) is 2.21. The van der Waals surface area contributed by atoms with Crippen molar-refractivity contribution in [1.82, 2.24) is 25.6 Å². The molecule has 3 aromatic rings. The highest BCUT2D eigenvalue weighted by Gasteiger charge is 2.30. The predicted molar refractivity (Wildman–Crippen MR) is 156 cm³/mol. The fraction of sp³-hybridized carbons (Fsp3) is 0.387. The van der Waals surface area contributed by atoms with Gasteiger partial charge < -0.3 is 29.7 Å². The van der Waals surface area contributed by atoms with Crippen LogP contribution < -0.4 is 15.4 Å². The number of methoxy groups -OCH3 is 1. The van der Waals surface area contributed by atoms with Crippen molar-refractivity contribution >= 4 is 23.6 Å². The smallest absolute Gasteiger partial charge is 0.292 e. The van der Waals surface area contributed by atoms with Crippen LogP contribution in [0.4, 0.5) is 0 Å². The molecule has 1 fully saturated rings. The average molecular weight is 576 g/mol. The van der Waals surface area contributed by atoms with Crippen molar-refractivity contribution in [2.24, 2.45) is 0 Å². The van der Waals surface area contributed by atoms with Crippen molar-refractivity contribution in [3.63, 3.8) is 0 Å². The Kier molecular flexibility index (Phi) is 10.3. The van der Waals surface area contributed by atoms with Gasteiger partial charge in [0.2, 0.25) is 23.5 Å². The van der Waals surface area contributed by atoms with E-state index < -0.39 is 12.1 Å². The average Bonchev–Trinajstić information content (AvgIpc) is 3.51. The number of carbonyl (C=O) groups excluding carboxylic acids is 4. The minimum absolute atomic E-state index is 0.0978. The maximum Gasteiger partial charge on any atom is 0.292 e. The highest BCUT2D eigenvalue weighted by Crippen LogP contribution is 2.20. The molecule has 0 aliphatic carbocycles. The van der Waals surface area contributed by atoms with E-state index in [2.05, 4.69) is 15.8 Å². The minimum atomic E-state index is -0.875. The lowest BCUT2D eigenvalue weighted by Crippen LogP contribution is -2.54. The summed E-state index contributed by atoms with van der Waals surface area (Å²) in [6.45, 7) is 2.58. The molecular formula is C31H37N5O6. The zero-order valence-electron chi connectivity index (χ0n) is 24.2.